The van der Waals surface area contributed by atoms with Gasteiger partial charge in [0.2, 0.25) is 5.91 Å². The Balaban J connectivity index is 1.54. The summed E-state index contributed by atoms with van der Waals surface area (Å²) < 4.78 is 0. The molecule has 0 saturated carbocycles. The van der Waals surface area contributed by atoms with E-state index in [2.05, 4.69) is 73.0 Å². The Labute approximate surface area is 167 Å². The van der Waals surface area contributed by atoms with E-state index in [1.165, 1.54) is 16.7 Å². The molecule has 1 amide bonds. The lowest BCUT2D eigenvalue weighted by atomic mass is 10.1. The number of rotatable bonds is 7. The molecule has 0 bridgehead atoms. The van der Waals surface area contributed by atoms with Crippen molar-refractivity contribution < 1.29 is 4.79 Å². The molecule has 0 unspecified atom stereocenters. The molecule has 2 aromatic rings. The van der Waals surface area contributed by atoms with Crippen LogP contribution in [0.5, 0.6) is 0 Å². The van der Waals surface area contributed by atoms with Crippen molar-refractivity contribution in [2.75, 3.05) is 13.1 Å². The molecule has 1 aliphatic rings. The van der Waals surface area contributed by atoms with Crippen molar-refractivity contribution in [3.63, 3.8) is 0 Å². The fraction of sp³-hybridized carbons (Fsp3) is 0.391. The highest BCUT2D eigenvalue weighted by Crippen LogP contribution is 2.15. The zero-order chi connectivity index (χ0) is 19.8. The molecule has 5 heteroatoms. The minimum atomic E-state index is 0.267. The summed E-state index contributed by atoms with van der Waals surface area (Å²) in [6, 6.07) is 16.9. The van der Waals surface area contributed by atoms with Gasteiger partial charge in [0.05, 0.1) is 6.54 Å². The second-order valence-electron chi connectivity index (χ2n) is 7.27. The Kier molecular flexibility index (Phi) is 7.06. The van der Waals surface area contributed by atoms with Crippen LogP contribution in [0.4, 0.5) is 0 Å². The third-order valence-electron chi connectivity index (χ3n) is 4.91. The van der Waals surface area contributed by atoms with Gasteiger partial charge in [-0.3, -0.25) is 4.79 Å². The third kappa shape index (κ3) is 5.84. The topological polar surface area (TPSA) is 56.7 Å². The molecule has 1 heterocycles. The van der Waals surface area contributed by atoms with Crippen molar-refractivity contribution in [1.29, 1.82) is 0 Å². The Morgan fingerprint density at radius 1 is 1.00 bits per heavy atom. The molecule has 0 aromatic heterocycles. The van der Waals surface area contributed by atoms with Crippen LogP contribution in [0.1, 0.15) is 42.0 Å². The van der Waals surface area contributed by atoms with Crippen molar-refractivity contribution in [1.82, 2.24) is 15.5 Å². The summed E-state index contributed by atoms with van der Waals surface area (Å²) in [5.74, 6) is 1.08. The molecule has 3 rings (SSSR count). The van der Waals surface area contributed by atoms with Crippen LogP contribution in [0.3, 0.4) is 0 Å². The van der Waals surface area contributed by atoms with Crippen LogP contribution < -0.4 is 10.6 Å². The van der Waals surface area contributed by atoms with Gasteiger partial charge in [-0.2, -0.15) is 0 Å². The first-order valence-electron chi connectivity index (χ1n) is 10.1. The molecule has 0 aliphatic carbocycles. The van der Waals surface area contributed by atoms with E-state index in [4.69, 9.17) is 4.99 Å². The summed E-state index contributed by atoms with van der Waals surface area (Å²) in [7, 11) is 0. The predicted molar refractivity (Wildman–Crippen MR) is 114 cm³/mol. The number of aryl methyl sites for hydroxylation is 1. The quantitative estimate of drug-likeness (QED) is 0.574. The molecule has 2 N–H and O–H groups in total. The highest BCUT2D eigenvalue weighted by atomic mass is 16.2. The van der Waals surface area contributed by atoms with Gasteiger partial charge >= 0.3 is 0 Å². The molecule has 148 valence electrons. The van der Waals surface area contributed by atoms with Gasteiger partial charge < -0.3 is 15.5 Å². The first kappa shape index (κ1) is 19.9. The molecular formula is C23H30N4O. The van der Waals surface area contributed by atoms with Gasteiger partial charge in [0, 0.05) is 32.6 Å². The molecular weight excluding hydrogens is 348 g/mol. The van der Waals surface area contributed by atoms with Crippen molar-refractivity contribution in [3.8, 4) is 0 Å². The number of carbonyl (C=O) groups excluding carboxylic acids is 1. The molecule has 1 saturated heterocycles. The molecule has 2 aromatic carbocycles. The number of nitrogens with zero attached hydrogens (tertiary/aromatic N) is 2. The maximum Gasteiger partial charge on any atom is 0.222 e. The van der Waals surface area contributed by atoms with E-state index in [0.717, 1.165) is 37.6 Å². The van der Waals surface area contributed by atoms with Crippen LogP contribution in [0.2, 0.25) is 0 Å². The van der Waals surface area contributed by atoms with E-state index in [9.17, 15) is 4.79 Å². The number of hydrogen-bond donors (Lipinski definition) is 2. The molecule has 0 radical (unpaired) electrons. The summed E-state index contributed by atoms with van der Waals surface area (Å²) in [5, 5.41) is 6.68. The largest absolute Gasteiger partial charge is 0.357 e. The highest BCUT2D eigenvalue weighted by Gasteiger charge is 2.19. The smallest absolute Gasteiger partial charge is 0.222 e. The van der Waals surface area contributed by atoms with Crippen LogP contribution in [0, 0.1) is 6.92 Å². The molecule has 5 nitrogen and oxygen atoms in total. The average Bonchev–Trinajstić information content (AvgIpc) is 3.11. The average molecular weight is 379 g/mol. The van der Waals surface area contributed by atoms with Crippen molar-refractivity contribution in [2.45, 2.75) is 46.3 Å². The minimum Gasteiger partial charge on any atom is -0.357 e. The fourth-order valence-corrected chi connectivity index (χ4v) is 3.25. The van der Waals surface area contributed by atoms with Crippen LogP contribution in [0.15, 0.2) is 53.5 Å². The number of hydrogen-bond acceptors (Lipinski definition) is 2. The number of amides is 1. The lowest BCUT2D eigenvalue weighted by Gasteiger charge is -2.15. The van der Waals surface area contributed by atoms with Gasteiger partial charge in [-0.15, -0.1) is 0 Å². The van der Waals surface area contributed by atoms with Gasteiger partial charge in [0.25, 0.3) is 0 Å². The van der Waals surface area contributed by atoms with Crippen LogP contribution in [-0.2, 0) is 24.4 Å². The van der Waals surface area contributed by atoms with E-state index in [1.54, 1.807) is 0 Å². The zero-order valence-electron chi connectivity index (χ0n) is 16.9. The predicted octanol–water partition coefficient (Wildman–Crippen LogP) is 3.37. The van der Waals surface area contributed by atoms with Crippen LogP contribution >= 0.6 is 0 Å². The molecule has 28 heavy (non-hydrogen) atoms. The second-order valence-corrected chi connectivity index (χ2v) is 7.27. The number of nitrogens with one attached hydrogen (secondary N) is 2. The molecule has 0 atom stereocenters. The van der Waals surface area contributed by atoms with Crippen molar-refractivity contribution >= 4 is 11.9 Å². The third-order valence-corrected chi connectivity index (χ3v) is 4.91. The van der Waals surface area contributed by atoms with Crippen molar-refractivity contribution in [2.24, 2.45) is 4.99 Å². The first-order valence-corrected chi connectivity index (χ1v) is 10.1. The van der Waals surface area contributed by atoms with Gasteiger partial charge in [-0.25, -0.2) is 4.99 Å². The SMILES string of the molecule is CCNC(=NCc1ccc(CN2CCCC2=O)cc1)NCc1ccc(C)cc1. The Morgan fingerprint density at radius 2 is 1.68 bits per heavy atom. The number of likely N-dealkylation sites (tertiary alicyclic amines) is 1. The molecule has 0 spiro atoms. The number of aliphatic imine (C=N–C) groups is 1. The summed E-state index contributed by atoms with van der Waals surface area (Å²) in [4.78, 5) is 18.4. The van der Waals surface area contributed by atoms with E-state index < -0.39 is 0 Å². The van der Waals surface area contributed by atoms with Crippen LogP contribution in [0.25, 0.3) is 0 Å². The number of guanidine groups is 1. The standard InChI is InChI=1S/C23H30N4O/c1-3-24-23(25-15-19-8-6-18(2)7-9-19)26-16-20-10-12-21(13-11-20)17-27-14-4-5-22(27)28/h6-13H,3-5,14-17H2,1-2H3,(H2,24,25,26). The highest BCUT2D eigenvalue weighted by molar-refractivity contribution is 5.79. The Hall–Kier alpha value is -2.82. The lowest BCUT2D eigenvalue weighted by Crippen LogP contribution is -2.36. The zero-order valence-corrected chi connectivity index (χ0v) is 16.9. The normalized spacial score (nSPS) is 14.4. The van der Waals surface area contributed by atoms with E-state index in [-0.39, 0.29) is 5.91 Å². The second kappa shape index (κ2) is 9.93. The van der Waals surface area contributed by atoms with Gasteiger partial charge in [0.1, 0.15) is 0 Å². The van der Waals surface area contributed by atoms with Gasteiger partial charge in [-0.1, -0.05) is 54.1 Å². The Bertz CT molecular complexity index is 796. The first-order chi connectivity index (χ1) is 13.6. The Morgan fingerprint density at radius 3 is 2.32 bits per heavy atom. The van der Waals surface area contributed by atoms with Crippen LogP contribution in [-0.4, -0.2) is 29.9 Å². The molecule has 1 fully saturated rings. The maximum absolute atomic E-state index is 11.8. The summed E-state index contributed by atoms with van der Waals surface area (Å²) in [6.45, 7) is 7.94. The van der Waals surface area contributed by atoms with E-state index in [1.807, 2.05) is 4.90 Å². The number of benzene rings is 2. The maximum atomic E-state index is 11.8. The summed E-state index contributed by atoms with van der Waals surface area (Å²) in [5.41, 5.74) is 4.83. The fourth-order valence-electron chi connectivity index (χ4n) is 3.25. The van der Waals surface area contributed by atoms with Gasteiger partial charge in [0.15, 0.2) is 5.96 Å². The van der Waals surface area contributed by atoms with E-state index >= 15 is 0 Å². The van der Waals surface area contributed by atoms with Crippen molar-refractivity contribution in [3.05, 3.63) is 70.8 Å². The number of carbonyl (C=O) groups is 1. The molecule has 1 aliphatic heterocycles. The monoisotopic (exact) mass is 378 g/mol. The summed E-state index contributed by atoms with van der Waals surface area (Å²) >= 11 is 0. The lowest BCUT2D eigenvalue weighted by molar-refractivity contribution is -0.128. The summed E-state index contributed by atoms with van der Waals surface area (Å²) in [6.07, 6.45) is 1.67. The van der Waals surface area contributed by atoms with E-state index in [0.29, 0.717) is 19.5 Å². The minimum absolute atomic E-state index is 0.267. The van der Waals surface area contributed by atoms with Gasteiger partial charge in [-0.05, 0) is 37.0 Å².